The molecule has 0 aromatic heterocycles. The standard InChI is InChI=1S/C22H27Cl2N2O4S/c1-14-5-7-19(9-17(14)10-22(27)30-4)31(28,29)26-15(2)12-25(13-16(26)3)18-6-8-20(23)21(24)11-18/h5-9,11,15-16,23H,10,12-13H2,1-4H3/q+1/t15-,16+. The summed E-state index contributed by atoms with van der Waals surface area (Å²) < 4.78 is 33.3. The normalized spacial score (nSPS) is 20.0. The van der Waals surface area contributed by atoms with Crippen LogP contribution in [-0.4, -0.2) is 51.0 Å². The Hall–Kier alpha value is -1.80. The molecule has 6 nitrogen and oxygen atoms in total. The van der Waals surface area contributed by atoms with Gasteiger partial charge in [-0.3, -0.25) is 4.79 Å². The molecule has 0 amide bonds. The zero-order chi connectivity index (χ0) is 22.9. The maximum absolute atomic E-state index is 13.5. The molecule has 1 saturated heterocycles. The molecule has 1 heterocycles. The lowest BCUT2D eigenvalue weighted by molar-refractivity contribution is -0.288. The molecule has 1 aliphatic rings. The number of aryl methyl sites for hydroxylation is 1. The van der Waals surface area contributed by atoms with E-state index in [1.165, 1.54) is 7.11 Å². The lowest BCUT2D eigenvalue weighted by Crippen LogP contribution is -2.58. The van der Waals surface area contributed by atoms with Gasteiger partial charge in [0.2, 0.25) is 15.0 Å². The summed E-state index contributed by atoms with van der Waals surface area (Å²) in [6.45, 7) is 6.69. The van der Waals surface area contributed by atoms with E-state index in [0.29, 0.717) is 28.7 Å². The van der Waals surface area contributed by atoms with Crippen molar-refractivity contribution < 1.29 is 29.6 Å². The van der Waals surface area contributed by atoms with Crippen molar-refractivity contribution in [2.24, 2.45) is 0 Å². The van der Waals surface area contributed by atoms with Crippen molar-refractivity contribution in [1.29, 1.82) is 0 Å². The number of benzene rings is 2. The van der Waals surface area contributed by atoms with Gasteiger partial charge in [-0.2, -0.15) is 4.31 Å². The van der Waals surface area contributed by atoms with Crippen LogP contribution in [0.15, 0.2) is 41.3 Å². The molecular formula is C22H27Cl2N2O4S+. The first-order chi connectivity index (χ1) is 14.5. The van der Waals surface area contributed by atoms with E-state index in [9.17, 15) is 13.2 Å². The third-order valence-corrected chi connectivity index (χ3v) is 8.48. The average Bonchev–Trinajstić information content (AvgIpc) is 2.70. The Bertz CT molecular complexity index is 1080. The summed E-state index contributed by atoms with van der Waals surface area (Å²) in [5.74, 6) is -0.406. The van der Waals surface area contributed by atoms with Crippen molar-refractivity contribution >= 4 is 33.3 Å². The number of rotatable bonds is 5. The highest BCUT2D eigenvalue weighted by Gasteiger charge is 2.39. The molecule has 0 aliphatic carbocycles. The Morgan fingerprint density at radius 2 is 1.81 bits per heavy atom. The van der Waals surface area contributed by atoms with Crippen molar-refractivity contribution in [3.63, 3.8) is 0 Å². The van der Waals surface area contributed by atoms with Crippen molar-refractivity contribution in [3.8, 4) is 0 Å². The summed E-state index contributed by atoms with van der Waals surface area (Å²) >= 11 is 11.4. The maximum atomic E-state index is 13.5. The van der Waals surface area contributed by atoms with Gasteiger partial charge in [0.1, 0.15) is 5.02 Å². The lowest BCUT2D eigenvalue weighted by Gasteiger charge is -2.44. The molecule has 0 spiro atoms. The number of methoxy groups -OCH3 is 1. The van der Waals surface area contributed by atoms with E-state index in [1.54, 1.807) is 28.6 Å². The van der Waals surface area contributed by atoms with Crippen molar-refractivity contribution in [2.75, 3.05) is 25.1 Å². The molecule has 0 N–H and O–H groups in total. The SMILES string of the molecule is COC(=O)Cc1cc(S(=O)(=O)N2[C@H](C)CN(c3ccc([ClH+])c(Cl)c3)C[C@@H]2C)ccc1C. The average molecular weight is 486 g/mol. The number of carbonyl (C=O) groups is 1. The number of sulfonamides is 1. The van der Waals surface area contributed by atoms with Crippen LogP contribution < -0.4 is 4.90 Å². The van der Waals surface area contributed by atoms with Crippen LogP contribution >= 0.6 is 11.6 Å². The van der Waals surface area contributed by atoms with Crippen LogP contribution in [0.25, 0.3) is 0 Å². The Balaban J connectivity index is 1.87. The van der Waals surface area contributed by atoms with E-state index in [1.807, 2.05) is 32.9 Å². The third kappa shape index (κ3) is 5.00. The molecule has 0 radical (unpaired) electrons. The number of esters is 1. The fourth-order valence-corrected chi connectivity index (χ4v) is 6.18. The first kappa shape index (κ1) is 23.9. The van der Waals surface area contributed by atoms with Crippen LogP contribution in [0.4, 0.5) is 5.69 Å². The molecule has 2 atom stereocenters. The fraction of sp³-hybridized carbons (Fsp3) is 0.409. The Kier molecular flexibility index (Phi) is 7.21. The van der Waals surface area contributed by atoms with Gasteiger partial charge in [-0.1, -0.05) is 17.7 Å². The Morgan fingerprint density at radius 3 is 2.39 bits per heavy atom. The minimum atomic E-state index is -3.75. The molecule has 1 fully saturated rings. The number of piperazine rings is 1. The molecule has 2 aromatic carbocycles. The zero-order valence-electron chi connectivity index (χ0n) is 18.0. The summed E-state index contributed by atoms with van der Waals surface area (Å²) in [6, 6.07) is 9.91. The number of anilines is 1. The van der Waals surface area contributed by atoms with E-state index in [4.69, 9.17) is 27.9 Å². The maximum Gasteiger partial charge on any atom is 0.309 e. The smallest absolute Gasteiger partial charge is 0.309 e. The third-order valence-electron chi connectivity index (χ3n) is 5.58. The van der Waals surface area contributed by atoms with Crippen LogP contribution in [0.1, 0.15) is 25.0 Å². The highest BCUT2D eigenvalue weighted by molar-refractivity contribution is 7.89. The monoisotopic (exact) mass is 485 g/mol. The molecule has 9 heteroatoms. The van der Waals surface area contributed by atoms with Gasteiger partial charge in [0.15, 0.2) is 11.6 Å². The van der Waals surface area contributed by atoms with Crippen LogP contribution in [0.3, 0.4) is 0 Å². The molecule has 2 aromatic rings. The largest absolute Gasteiger partial charge is 0.469 e. The molecule has 168 valence electrons. The van der Waals surface area contributed by atoms with E-state index >= 15 is 0 Å². The van der Waals surface area contributed by atoms with Gasteiger partial charge in [0, 0.05) is 36.9 Å². The summed E-state index contributed by atoms with van der Waals surface area (Å²) in [7, 11) is -2.43. The van der Waals surface area contributed by atoms with Crippen LogP contribution in [0.2, 0.25) is 10.0 Å². The van der Waals surface area contributed by atoms with Gasteiger partial charge < -0.3 is 9.64 Å². The van der Waals surface area contributed by atoms with Gasteiger partial charge in [-0.05, 0) is 56.2 Å². The van der Waals surface area contributed by atoms with Crippen molar-refractivity contribution in [1.82, 2.24) is 4.31 Å². The predicted octanol–water partition coefficient (Wildman–Crippen LogP) is 3.35. The van der Waals surface area contributed by atoms with Gasteiger partial charge >= 0.3 is 5.97 Å². The van der Waals surface area contributed by atoms with Gasteiger partial charge in [0.05, 0.1) is 18.4 Å². The summed E-state index contributed by atoms with van der Waals surface area (Å²) in [4.78, 5) is 14.0. The second-order valence-electron chi connectivity index (χ2n) is 7.89. The number of nitrogens with zero attached hydrogens (tertiary/aromatic N) is 2. The van der Waals surface area contributed by atoms with E-state index in [-0.39, 0.29) is 23.4 Å². The Labute approximate surface area is 193 Å². The van der Waals surface area contributed by atoms with Crippen LogP contribution in [-0.2, 0) is 26.0 Å². The molecule has 1 aliphatic heterocycles. The molecule has 3 rings (SSSR count). The molecule has 0 unspecified atom stereocenters. The molecule has 0 saturated carbocycles. The van der Waals surface area contributed by atoms with E-state index < -0.39 is 16.0 Å². The molecule has 31 heavy (non-hydrogen) atoms. The number of hydrogen-bond acceptors (Lipinski definition) is 5. The topological polar surface area (TPSA) is 66.9 Å². The highest BCUT2D eigenvalue weighted by atomic mass is 35.5. The first-order valence-corrected chi connectivity index (χ1v) is 12.2. The lowest BCUT2D eigenvalue weighted by atomic mass is 10.1. The summed E-state index contributed by atoms with van der Waals surface area (Å²) in [5, 5.41) is 1.11. The molecule has 0 bridgehead atoms. The number of halogens is 2. The van der Waals surface area contributed by atoms with Crippen molar-refractivity contribution in [3.05, 3.63) is 57.6 Å². The number of hydrogen-bond donors (Lipinski definition) is 0. The van der Waals surface area contributed by atoms with Gasteiger partial charge in [-0.15, -0.1) is 0 Å². The minimum absolute atomic E-state index is 0.0319. The first-order valence-electron chi connectivity index (χ1n) is 9.96. The Morgan fingerprint density at radius 1 is 1.16 bits per heavy atom. The summed E-state index contributed by atoms with van der Waals surface area (Å²) in [5.41, 5.74) is 2.41. The van der Waals surface area contributed by atoms with E-state index in [2.05, 4.69) is 4.90 Å². The quantitative estimate of drug-likeness (QED) is 0.607. The molecular weight excluding hydrogens is 459 g/mol. The summed E-state index contributed by atoms with van der Waals surface area (Å²) in [6.07, 6.45) is 0.0319. The zero-order valence-corrected chi connectivity index (χ0v) is 20.4. The predicted molar refractivity (Wildman–Crippen MR) is 119 cm³/mol. The van der Waals surface area contributed by atoms with Gasteiger partial charge in [0.25, 0.3) is 0 Å². The fourth-order valence-electron chi connectivity index (χ4n) is 4.03. The van der Waals surface area contributed by atoms with Crippen LogP contribution in [0, 0.1) is 18.5 Å². The second-order valence-corrected chi connectivity index (χ2v) is 10.6. The van der Waals surface area contributed by atoms with Crippen LogP contribution in [0.5, 0.6) is 0 Å². The van der Waals surface area contributed by atoms with Gasteiger partial charge in [-0.25, -0.2) is 8.42 Å². The van der Waals surface area contributed by atoms with E-state index in [0.717, 1.165) is 11.3 Å². The highest BCUT2D eigenvalue weighted by Crippen LogP contribution is 2.31. The number of ether oxygens (including phenoxy) is 1. The second kappa shape index (κ2) is 9.36. The minimum Gasteiger partial charge on any atom is -0.469 e. The number of carbonyl (C=O) groups excluding carboxylic acids is 1. The van der Waals surface area contributed by atoms with Crippen molar-refractivity contribution in [2.45, 2.75) is 44.2 Å².